The Balaban J connectivity index is 1.91. The van der Waals surface area contributed by atoms with Gasteiger partial charge in [-0.2, -0.15) is 0 Å². The number of rotatable bonds is 4. The minimum absolute atomic E-state index is 0.229. The van der Waals surface area contributed by atoms with E-state index in [1.165, 1.54) is 0 Å². The number of carbonyl (C=O) groups is 1. The van der Waals surface area contributed by atoms with Gasteiger partial charge in [0.25, 0.3) is 5.91 Å². The highest BCUT2D eigenvalue weighted by molar-refractivity contribution is 5.92. The van der Waals surface area contributed by atoms with Crippen molar-refractivity contribution in [2.45, 2.75) is 34.2 Å². The lowest BCUT2D eigenvalue weighted by Crippen LogP contribution is -2.27. The van der Waals surface area contributed by atoms with Crippen LogP contribution in [0.3, 0.4) is 0 Å². The van der Waals surface area contributed by atoms with Crippen LogP contribution in [0.1, 0.15) is 33.5 Å². The third-order valence-corrected chi connectivity index (χ3v) is 3.09. The average Bonchev–Trinajstić information content (AvgIpc) is 2.85. The summed E-state index contributed by atoms with van der Waals surface area (Å²) in [7, 11) is 0. The van der Waals surface area contributed by atoms with Crippen molar-refractivity contribution in [2.75, 3.05) is 6.54 Å². The quantitative estimate of drug-likeness (QED) is 0.907. The van der Waals surface area contributed by atoms with Gasteiger partial charge in [-0.15, -0.1) is 0 Å². The Morgan fingerprint density at radius 1 is 1.32 bits per heavy atom. The van der Waals surface area contributed by atoms with Crippen LogP contribution in [0.2, 0.25) is 0 Å². The van der Waals surface area contributed by atoms with Crippen molar-refractivity contribution in [3.8, 4) is 0 Å². The molecule has 0 atom stereocenters. The van der Waals surface area contributed by atoms with Gasteiger partial charge < -0.3 is 14.3 Å². The van der Waals surface area contributed by atoms with Gasteiger partial charge in [-0.3, -0.25) is 4.79 Å². The lowest BCUT2D eigenvalue weighted by atomic mass is 10.3. The van der Waals surface area contributed by atoms with Gasteiger partial charge in [0.15, 0.2) is 5.89 Å². The molecule has 0 aliphatic carbocycles. The molecule has 0 aromatic carbocycles. The van der Waals surface area contributed by atoms with Crippen LogP contribution in [0.5, 0.6) is 0 Å². The zero-order valence-electron chi connectivity index (χ0n) is 11.6. The van der Waals surface area contributed by atoms with E-state index >= 15 is 0 Å². The summed E-state index contributed by atoms with van der Waals surface area (Å²) in [6.07, 6.45) is 1.78. The van der Waals surface area contributed by atoms with Crippen LogP contribution in [0.15, 0.2) is 10.7 Å². The zero-order chi connectivity index (χ0) is 14.0. The monoisotopic (exact) mass is 262 g/mol. The van der Waals surface area contributed by atoms with E-state index in [1.807, 2.05) is 18.4 Å². The number of aryl methyl sites for hydroxylation is 3. The molecule has 2 aromatic heterocycles. The highest BCUT2D eigenvalue weighted by Crippen LogP contribution is 2.09. The second-order valence-electron chi connectivity index (χ2n) is 4.51. The molecule has 2 rings (SSSR count). The van der Waals surface area contributed by atoms with Gasteiger partial charge in [-0.1, -0.05) is 0 Å². The number of amides is 1. The first-order valence-corrected chi connectivity index (χ1v) is 6.19. The molecule has 102 valence electrons. The van der Waals surface area contributed by atoms with Gasteiger partial charge in [0.2, 0.25) is 5.76 Å². The molecule has 6 nitrogen and oxygen atoms in total. The normalized spacial score (nSPS) is 10.7. The van der Waals surface area contributed by atoms with Crippen LogP contribution < -0.4 is 5.32 Å². The van der Waals surface area contributed by atoms with Crippen molar-refractivity contribution >= 4 is 5.91 Å². The van der Waals surface area contributed by atoms with Crippen LogP contribution in [0.25, 0.3) is 0 Å². The molecule has 2 heterocycles. The summed E-state index contributed by atoms with van der Waals surface area (Å²) in [6, 6.07) is 0. The minimum Gasteiger partial charge on any atom is -0.436 e. The fourth-order valence-electron chi connectivity index (χ4n) is 1.88. The molecule has 0 aliphatic rings. The molecule has 0 saturated carbocycles. The summed E-state index contributed by atoms with van der Waals surface area (Å²) in [4.78, 5) is 20.2. The van der Waals surface area contributed by atoms with E-state index in [2.05, 4.69) is 15.3 Å². The van der Waals surface area contributed by atoms with Crippen molar-refractivity contribution in [3.05, 3.63) is 35.1 Å². The fraction of sp³-hybridized carbons (Fsp3) is 0.462. The van der Waals surface area contributed by atoms with Gasteiger partial charge >= 0.3 is 0 Å². The summed E-state index contributed by atoms with van der Waals surface area (Å²) in [6.45, 7) is 8.66. The predicted octanol–water partition coefficient (Wildman–Crippen LogP) is 1.53. The van der Waals surface area contributed by atoms with E-state index in [0.717, 1.165) is 11.4 Å². The Morgan fingerprint density at radius 3 is 2.58 bits per heavy atom. The molecule has 19 heavy (non-hydrogen) atoms. The second-order valence-corrected chi connectivity index (χ2v) is 4.51. The number of nitrogens with zero attached hydrogens (tertiary/aromatic N) is 3. The molecule has 0 unspecified atom stereocenters. The summed E-state index contributed by atoms with van der Waals surface area (Å²) in [5.41, 5.74) is 2.73. The number of hydrogen-bond donors (Lipinski definition) is 1. The first-order valence-electron chi connectivity index (χ1n) is 6.19. The van der Waals surface area contributed by atoms with Crippen molar-refractivity contribution < 1.29 is 9.21 Å². The lowest BCUT2D eigenvalue weighted by molar-refractivity contribution is 0.0922. The maximum Gasteiger partial charge on any atom is 0.289 e. The molecule has 0 aliphatic heterocycles. The first-order chi connectivity index (χ1) is 8.99. The van der Waals surface area contributed by atoms with Gasteiger partial charge in [-0.05, 0) is 20.8 Å². The van der Waals surface area contributed by atoms with Crippen LogP contribution in [-0.2, 0) is 6.54 Å². The summed E-state index contributed by atoms with van der Waals surface area (Å²) >= 11 is 0. The van der Waals surface area contributed by atoms with Crippen molar-refractivity contribution in [3.63, 3.8) is 0 Å². The van der Waals surface area contributed by atoms with Crippen LogP contribution in [-0.4, -0.2) is 27.0 Å². The maximum absolute atomic E-state index is 11.9. The van der Waals surface area contributed by atoms with E-state index in [9.17, 15) is 4.79 Å². The number of imidazole rings is 1. The largest absolute Gasteiger partial charge is 0.436 e. The Bertz CT molecular complexity index is 598. The lowest BCUT2D eigenvalue weighted by Gasteiger charge is -2.06. The Morgan fingerprint density at radius 2 is 2.05 bits per heavy atom. The van der Waals surface area contributed by atoms with Crippen LogP contribution >= 0.6 is 0 Å². The fourth-order valence-corrected chi connectivity index (χ4v) is 1.88. The molecule has 0 radical (unpaired) electrons. The Hall–Kier alpha value is -2.11. The van der Waals surface area contributed by atoms with E-state index in [0.29, 0.717) is 24.7 Å². The van der Waals surface area contributed by atoms with Gasteiger partial charge in [0.05, 0.1) is 17.7 Å². The standard InChI is InChI=1S/C13H18N4O2/c1-8-10(3)17(7-15-8)6-5-14-13(18)12-9(2)16-11(4)19-12/h7H,5-6H2,1-4H3,(H,14,18). The maximum atomic E-state index is 11.9. The number of carbonyl (C=O) groups excluding carboxylic acids is 1. The highest BCUT2D eigenvalue weighted by atomic mass is 16.4. The molecular formula is C13H18N4O2. The van der Waals surface area contributed by atoms with Crippen molar-refractivity contribution in [1.82, 2.24) is 19.9 Å². The molecule has 6 heteroatoms. The minimum atomic E-state index is -0.229. The molecule has 2 aromatic rings. The van der Waals surface area contributed by atoms with Gasteiger partial charge in [0.1, 0.15) is 0 Å². The van der Waals surface area contributed by atoms with Gasteiger partial charge in [-0.25, -0.2) is 9.97 Å². The summed E-state index contributed by atoms with van der Waals surface area (Å²) < 4.78 is 7.27. The molecule has 1 N–H and O–H groups in total. The number of oxazole rings is 1. The van der Waals surface area contributed by atoms with E-state index < -0.39 is 0 Å². The summed E-state index contributed by atoms with van der Waals surface area (Å²) in [5.74, 6) is 0.562. The predicted molar refractivity (Wildman–Crippen MR) is 70.0 cm³/mol. The van der Waals surface area contributed by atoms with Gasteiger partial charge in [0, 0.05) is 25.7 Å². The molecule has 1 amide bonds. The van der Waals surface area contributed by atoms with E-state index in [-0.39, 0.29) is 11.7 Å². The van der Waals surface area contributed by atoms with Crippen molar-refractivity contribution in [2.24, 2.45) is 0 Å². The third-order valence-electron chi connectivity index (χ3n) is 3.09. The zero-order valence-corrected chi connectivity index (χ0v) is 11.6. The molecule has 0 spiro atoms. The third kappa shape index (κ3) is 2.83. The highest BCUT2D eigenvalue weighted by Gasteiger charge is 2.15. The Kier molecular flexibility index (Phi) is 3.69. The van der Waals surface area contributed by atoms with Crippen LogP contribution in [0.4, 0.5) is 0 Å². The number of nitrogens with one attached hydrogen (secondary N) is 1. The van der Waals surface area contributed by atoms with Crippen LogP contribution in [0, 0.1) is 27.7 Å². The molecule has 0 saturated heterocycles. The smallest absolute Gasteiger partial charge is 0.289 e. The topological polar surface area (TPSA) is 73.0 Å². The number of aromatic nitrogens is 3. The van der Waals surface area contributed by atoms with E-state index in [1.54, 1.807) is 20.2 Å². The SMILES string of the molecule is Cc1nc(C)c(C(=O)NCCn2cnc(C)c2C)o1. The molecule has 0 bridgehead atoms. The van der Waals surface area contributed by atoms with Crippen molar-refractivity contribution in [1.29, 1.82) is 0 Å². The first kappa shape index (κ1) is 13.3. The second kappa shape index (κ2) is 5.26. The number of hydrogen-bond acceptors (Lipinski definition) is 4. The average molecular weight is 262 g/mol. The Labute approximate surface area is 111 Å². The summed E-state index contributed by atoms with van der Waals surface area (Å²) in [5, 5.41) is 2.82. The van der Waals surface area contributed by atoms with E-state index in [4.69, 9.17) is 4.42 Å². The molecular weight excluding hydrogens is 244 g/mol. The molecule has 0 fully saturated rings.